The lowest BCUT2D eigenvalue weighted by atomic mass is 10.0. The Bertz CT molecular complexity index is 1250. The second kappa shape index (κ2) is 7.54. The lowest BCUT2D eigenvalue weighted by Crippen LogP contribution is -2.50. The minimum absolute atomic E-state index is 0.124. The molecule has 3 heterocycles. The fourth-order valence-electron chi connectivity index (χ4n) is 4.12. The minimum atomic E-state index is -3.66. The van der Waals surface area contributed by atoms with Crippen LogP contribution in [0.25, 0.3) is 10.1 Å². The number of amides is 1. The normalized spacial score (nSPS) is 18.3. The number of cyclic esters (lactones) is 1. The van der Waals surface area contributed by atoms with Crippen molar-refractivity contribution < 1.29 is 26.7 Å². The molecule has 1 amide bonds. The first kappa shape index (κ1) is 20.3. The summed E-state index contributed by atoms with van der Waals surface area (Å²) in [6, 6.07) is 10.8. The molecule has 2 aliphatic heterocycles. The Morgan fingerprint density at radius 2 is 1.74 bits per heavy atom. The number of anilines is 1. The highest BCUT2D eigenvalue weighted by Gasteiger charge is 2.38. The summed E-state index contributed by atoms with van der Waals surface area (Å²) in [6.07, 6.45) is 0.0827. The topological polar surface area (TPSA) is 66.9 Å². The van der Waals surface area contributed by atoms with E-state index in [2.05, 4.69) is 0 Å². The third kappa shape index (κ3) is 3.48. The standard InChI is InChI=1S/C21H18F2N2O4S2/c22-16-9-14-12-29-21(26)25(18(14)11-17(16)23)15-5-7-24(8-6-15)31(27,28)20-10-13-3-1-2-4-19(13)30-20/h1-4,9-11,15H,5-8,12H2. The molecule has 2 aliphatic rings. The molecular weight excluding hydrogens is 446 g/mol. The number of fused-ring (bicyclic) bond motifs is 2. The molecule has 0 aliphatic carbocycles. The maximum Gasteiger partial charge on any atom is 0.414 e. The first-order valence-electron chi connectivity index (χ1n) is 9.77. The Balaban J connectivity index is 1.37. The van der Waals surface area contributed by atoms with Gasteiger partial charge >= 0.3 is 6.09 Å². The Morgan fingerprint density at radius 1 is 1.03 bits per heavy atom. The number of ether oxygens (including phenoxy) is 1. The maximum atomic E-state index is 13.8. The molecule has 6 nitrogen and oxygen atoms in total. The van der Waals surface area contributed by atoms with Crippen molar-refractivity contribution in [2.24, 2.45) is 0 Å². The van der Waals surface area contributed by atoms with Gasteiger partial charge in [-0.2, -0.15) is 4.31 Å². The highest BCUT2D eigenvalue weighted by molar-refractivity contribution is 7.91. The van der Waals surface area contributed by atoms with Crippen molar-refractivity contribution in [2.75, 3.05) is 18.0 Å². The van der Waals surface area contributed by atoms with Crippen LogP contribution in [0.3, 0.4) is 0 Å². The van der Waals surface area contributed by atoms with Crippen LogP contribution in [0.2, 0.25) is 0 Å². The summed E-state index contributed by atoms with van der Waals surface area (Å²) in [7, 11) is -3.66. The first-order valence-corrected chi connectivity index (χ1v) is 12.0. The predicted molar refractivity (Wildman–Crippen MR) is 113 cm³/mol. The van der Waals surface area contributed by atoms with Crippen LogP contribution >= 0.6 is 11.3 Å². The van der Waals surface area contributed by atoms with E-state index < -0.39 is 27.8 Å². The van der Waals surface area contributed by atoms with Crippen molar-refractivity contribution in [2.45, 2.75) is 29.7 Å². The number of thiophene rings is 1. The zero-order valence-electron chi connectivity index (χ0n) is 16.3. The van der Waals surface area contributed by atoms with Crippen LogP contribution < -0.4 is 4.90 Å². The number of rotatable bonds is 3. The van der Waals surface area contributed by atoms with Crippen LogP contribution in [0, 0.1) is 11.6 Å². The molecule has 2 aromatic carbocycles. The third-order valence-electron chi connectivity index (χ3n) is 5.71. The summed E-state index contributed by atoms with van der Waals surface area (Å²) in [5, 5.41) is 0.878. The average molecular weight is 465 g/mol. The maximum absolute atomic E-state index is 13.8. The number of sulfonamides is 1. The van der Waals surface area contributed by atoms with Crippen LogP contribution in [-0.2, 0) is 21.4 Å². The number of hydrogen-bond donors (Lipinski definition) is 0. The second-order valence-electron chi connectivity index (χ2n) is 7.56. The summed E-state index contributed by atoms with van der Waals surface area (Å²) in [4.78, 5) is 13.7. The monoisotopic (exact) mass is 464 g/mol. The highest BCUT2D eigenvalue weighted by atomic mass is 32.2. The molecule has 0 bridgehead atoms. The lowest BCUT2D eigenvalue weighted by Gasteiger charge is -2.39. The second-order valence-corrected chi connectivity index (χ2v) is 10.8. The van der Waals surface area contributed by atoms with Gasteiger partial charge in [-0.3, -0.25) is 4.90 Å². The number of hydrogen-bond acceptors (Lipinski definition) is 5. The van der Waals surface area contributed by atoms with E-state index >= 15 is 0 Å². The smallest absolute Gasteiger partial charge is 0.414 e. The van der Waals surface area contributed by atoms with Crippen LogP contribution in [0.4, 0.5) is 19.3 Å². The summed E-state index contributed by atoms with van der Waals surface area (Å²) in [6.45, 7) is 0.301. The van der Waals surface area contributed by atoms with E-state index in [0.29, 0.717) is 18.4 Å². The molecule has 1 fully saturated rings. The number of carbonyl (C=O) groups is 1. The number of benzene rings is 2. The molecule has 5 rings (SSSR count). The fourth-order valence-corrected chi connectivity index (χ4v) is 7.15. The first-order chi connectivity index (χ1) is 14.8. The van der Waals surface area contributed by atoms with Crippen LogP contribution in [-0.4, -0.2) is 37.9 Å². The van der Waals surface area contributed by atoms with Crippen molar-refractivity contribution in [1.82, 2.24) is 4.31 Å². The summed E-state index contributed by atoms with van der Waals surface area (Å²) >= 11 is 1.23. The van der Waals surface area contributed by atoms with Crippen LogP contribution in [0.15, 0.2) is 46.7 Å². The van der Waals surface area contributed by atoms with E-state index in [0.717, 1.165) is 22.2 Å². The quantitative estimate of drug-likeness (QED) is 0.573. The number of piperidine rings is 1. The largest absolute Gasteiger partial charge is 0.444 e. The van der Waals surface area contributed by atoms with E-state index in [-0.39, 0.29) is 35.6 Å². The van der Waals surface area contributed by atoms with Gasteiger partial charge in [-0.1, -0.05) is 18.2 Å². The summed E-state index contributed by atoms with van der Waals surface area (Å²) in [5.41, 5.74) is 0.666. The Kier molecular flexibility index (Phi) is 4.95. The van der Waals surface area contributed by atoms with E-state index in [1.807, 2.05) is 24.3 Å². The minimum Gasteiger partial charge on any atom is -0.444 e. The van der Waals surface area contributed by atoms with Gasteiger partial charge in [-0.25, -0.2) is 22.0 Å². The van der Waals surface area contributed by atoms with Gasteiger partial charge in [0.05, 0.1) is 5.69 Å². The molecular formula is C21H18F2N2O4S2. The summed E-state index contributed by atoms with van der Waals surface area (Å²) < 4.78 is 61.4. The van der Waals surface area contributed by atoms with Crippen LogP contribution in [0.5, 0.6) is 0 Å². The molecule has 0 radical (unpaired) electrons. The number of nitrogens with zero attached hydrogens (tertiary/aromatic N) is 2. The van der Waals surface area contributed by atoms with Gasteiger partial charge in [0.2, 0.25) is 0 Å². The predicted octanol–water partition coefficient (Wildman–Crippen LogP) is 4.49. The molecule has 31 heavy (non-hydrogen) atoms. The van der Waals surface area contributed by atoms with E-state index in [1.165, 1.54) is 20.5 Å². The Morgan fingerprint density at radius 3 is 2.48 bits per heavy atom. The van der Waals surface area contributed by atoms with Gasteiger partial charge in [0.25, 0.3) is 10.0 Å². The highest BCUT2D eigenvalue weighted by Crippen LogP contribution is 2.36. The van der Waals surface area contributed by atoms with Crippen molar-refractivity contribution in [3.63, 3.8) is 0 Å². The van der Waals surface area contributed by atoms with Gasteiger partial charge < -0.3 is 4.74 Å². The number of carbonyl (C=O) groups excluding carboxylic acids is 1. The van der Waals surface area contributed by atoms with Gasteiger partial charge in [0.1, 0.15) is 10.8 Å². The lowest BCUT2D eigenvalue weighted by molar-refractivity contribution is 0.135. The zero-order valence-corrected chi connectivity index (χ0v) is 17.9. The Hall–Kier alpha value is -2.56. The number of halogens is 2. The van der Waals surface area contributed by atoms with Crippen molar-refractivity contribution in [1.29, 1.82) is 0 Å². The van der Waals surface area contributed by atoms with Crippen molar-refractivity contribution in [3.8, 4) is 0 Å². The molecule has 0 atom stereocenters. The van der Waals surface area contributed by atoms with E-state index in [9.17, 15) is 22.0 Å². The van der Waals surface area contributed by atoms with Gasteiger partial charge in [0, 0.05) is 35.5 Å². The molecule has 0 unspecified atom stereocenters. The summed E-state index contributed by atoms with van der Waals surface area (Å²) in [5.74, 6) is -2.04. The molecule has 0 spiro atoms. The molecule has 1 aromatic heterocycles. The molecule has 0 saturated carbocycles. The van der Waals surface area contributed by atoms with E-state index in [1.54, 1.807) is 6.07 Å². The molecule has 10 heteroatoms. The average Bonchev–Trinajstić information content (AvgIpc) is 3.20. The van der Waals surface area contributed by atoms with Gasteiger partial charge in [0.15, 0.2) is 11.6 Å². The molecule has 1 saturated heterocycles. The van der Waals surface area contributed by atoms with Crippen LogP contribution in [0.1, 0.15) is 18.4 Å². The Labute approximate surface area is 181 Å². The molecule has 162 valence electrons. The SMILES string of the molecule is O=C1OCc2cc(F)c(F)cc2N1C1CCN(S(=O)(=O)c2cc3ccccc3s2)CC1. The van der Waals surface area contributed by atoms with Gasteiger partial charge in [-0.05, 0) is 36.4 Å². The zero-order chi connectivity index (χ0) is 21.8. The van der Waals surface area contributed by atoms with Crippen molar-refractivity contribution in [3.05, 3.63) is 59.7 Å². The third-order valence-corrected chi connectivity index (χ3v) is 9.18. The molecule has 3 aromatic rings. The fraction of sp³-hybridized carbons (Fsp3) is 0.286. The molecule has 0 N–H and O–H groups in total. The van der Waals surface area contributed by atoms with Crippen molar-refractivity contribution >= 4 is 43.2 Å². The van der Waals surface area contributed by atoms with E-state index in [4.69, 9.17) is 4.74 Å². The van der Waals surface area contributed by atoms with Gasteiger partial charge in [-0.15, -0.1) is 11.3 Å².